The topological polar surface area (TPSA) is 37.4 Å². The van der Waals surface area contributed by atoms with E-state index in [4.69, 9.17) is 4.74 Å². The van der Waals surface area contributed by atoms with E-state index in [9.17, 15) is 0 Å². The van der Waals surface area contributed by atoms with Crippen molar-refractivity contribution >= 4 is 0 Å². The number of pyridine rings is 1. The molecule has 17 heavy (non-hydrogen) atoms. The van der Waals surface area contributed by atoms with Crippen LogP contribution in [0.1, 0.15) is 18.4 Å². The van der Waals surface area contributed by atoms with Crippen LogP contribution in [0.2, 0.25) is 0 Å². The van der Waals surface area contributed by atoms with Gasteiger partial charge in [-0.1, -0.05) is 6.07 Å². The summed E-state index contributed by atoms with van der Waals surface area (Å²) in [6.45, 7) is 3.13. The van der Waals surface area contributed by atoms with Crippen LogP contribution in [0.15, 0.2) is 18.3 Å². The predicted octanol–water partition coefficient (Wildman–Crippen LogP) is 1.27. The fourth-order valence-electron chi connectivity index (χ4n) is 2.37. The van der Waals surface area contributed by atoms with Crippen LogP contribution in [0.4, 0.5) is 0 Å². The van der Waals surface area contributed by atoms with Gasteiger partial charge in [0, 0.05) is 30.9 Å². The zero-order chi connectivity index (χ0) is 12.1. The van der Waals surface area contributed by atoms with Crippen LogP contribution >= 0.6 is 0 Å². The number of methoxy groups -OCH3 is 1. The Morgan fingerprint density at radius 2 is 2.47 bits per heavy atom. The van der Waals surface area contributed by atoms with E-state index >= 15 is 0 Å². The molecule has 1 aliphatic heterocycles. The van der Waals surface area contributed by atoms with Crippen molar-refractivity contribution in [1.82, 2.24) is 15.2 Å². The van der Waals surface area contributed by atoms with Crippen molar-refractivity contribution in [2.24, 2.45) is 0 Å². The van der Waals surface area contributed by atoms with Crippen molar-refractivity contribution in [3.05, 3.63) is 23.9 Å². The highest BCUT2D eigenvalue weighted by Gasteiger charge is 2.16. The number of hydrogen-bond acceptors (Lipinski definition) is 4. The van der Waals surface area contributed by atoms with Gasteiger partial charge in [0.15, 0.2) is 0 Å². The minimum atomic E-state index is 0.641. The summed E-state index contributed by atoms with van der Waals surface area (Å²) in [5, 5.41) is 3.51. The maximum atomic E-state index is 5.26. The molecule has 1 aliphatic rings. The molecule has 0 aromatic carbocycles. The van der Waals surface area contributed by atoms with Crippen molar-refractivity contribution in [3.63, 3.8) is 0 Å². The van der Waals surface area contributed by atoms with Crippen LogP contribution in [0.25, 0.3) is 0 Å². The number of nitrogens with zero attached hydrogens (tertiary/aromatic N) is 2. The van der Waals surface area contributed by atoms with Crippen LogP contribution in [0.3, 0.4) is 0 Å². The SMILES string of the molecule is COc1ncccc1CN(C)CC1CCCN1. The van der Waals surface area contributed by atoms with Crippen molar-refractivity contribution < 1.29 is 4.74 Å². The molecule has 1 aromatic heterocycles. The molecule has 1 atom stereocenters. The zero-order valence-electron chi connectivity index (χ0n) is 10.6. The van der Waals surface area contributed by atoms with Crippen molar-refractivity contribution in [2.45, 2.75) is 25.4 Å². The predicted molar refractivity (Wildman–Crippen MR) is 68.1 cm³/mol. The van der Waals surface area contributed by atoms with Gasteiger partial charge in [0.2, 0.25) is 5.88 Å². The normalized spacial score (nSPS) is 19.8. The molecule has 4 nitrogen and oxygen atoms in total. The minimum absolute atomic E-state index is 0.641. The quantitative estimate of drug-likeness (QED) is 0.834. The molecule has 1 N–H and O–H groups in total. The molecule has 0 amide bonds. The van der Waals surface area contributed by atoms with Crippen molar-refractivity contribution in [3.8, 4) is 5.88 Å². The Morgan fingerprint density at radius 3 is 3.18 bits per heavy atom. The van der Waals surface area contributed by atoms with Gasteiger partial charge >= 0.3 is 0 Å². The number of aromatic nitrogens is 1. The second kappa shape index (κ2) is 5.98. The standard InChI is InChI=1S/C13H21N3O/c1-16(10-12-6-4-7-14-12)9-11-5-3-8-15-13(11)17-2/h3,5,8,12,14H,4,6-7,9-10H2,1-2H3. The highest BCUT2D eigenvalue weighted by atomic mass is 16.5. The Hall–Kier alpha value is -1.13. The maximum absolute atomic E-state index is 5.26. The fraction of sp³-hybridized carbons (Fsp3) is 0.615. The van der Waals surface area contributed by atoms with Gasteiger partial charge in [0.05, 0.1) is 7.11 Å². The first kappa shape index (κ1) is 12.3. The third-order valence-corrected chi connectivity index (χ3v) is 3.18. The van der Waals surface area contributed by atoms with Gasteiger partial charge in [-0.25, -0.2) is 4.98 Å². The fourth-order valence-corrected chi connectivity index (χ4v) is 2.37. The molecule has 0 radical (unpaired) electrons. The van der Waals surface area contributed by atoms with Crippen LogP contribution in [-0.4, -0.2) is 43.2 Å². The molecule has 1 saturated heterocycles. The smallest absolute Gasteiger partial charge is 0.217 e. The summed E-state index contributed by atoms with van der Waals surface area (Å²) < 4.78 is 5.26. The van der Waals surface area contributed by atoms with E-state index in [0.29, 0.717) is 6.04 Å². The zero-order valence-corrected chi connectivity index (χ0v) is 10.6. The molecule has 0 saturated carbocycles. The Kier molecular flexibility index (Phi) is 4.34. The lowest BCUT2D eigenvalue weighted by molar-refractivity contribution is 0.286. The molecular formula is C13H21N3O. The monoisotopic (exact) mass is 235 g/mol. The van der Waals surface area contributed by atoms with Gasteiger partial charge < -0.3 is 15.0 Å². The average Bonchev–Trinajstić information content (AvgIpc) is 2.82. The molecule has 2 rings (SSSR count). The number of rotatable bonds is 5. The summed E-state index contributed by atoms with van der Waals surface area (Å²) >= 11 is 0. The molecule has 2 heterocycles. The lowest BCUT2D eigenvalue weighted by atomic mass is 10.2. The Balaban J connectivity index is 1.90. The molecule has 1 aromatic rings. The molecule has 1 fully saturated rings. The van der Waals surface area contributed by atoms with Crippen LogP contribution in [0.5, 0.6) is 5.88 Å². The summed E-state index contributed by atoms with van der Waals surface area (Å²) in [7, 11) is 3.82. The highest BCUT2D eigenvalue weighted by molar-refractivity contribution is 5.25. The lowest BCUT2D eigenvalue weighted by Gasteiger charge is -2.21. The van der Waals surface area contributed by atoms with E-state index in [2.05, 4.69) is 28.3 Å². The summed E-state index contributed by atoms with van der Waals surface area (Å²) in [5.74, 6) is 0.735. The second-order valence-corrected chi connectivity index (χ2v) is 4.66. The molecule has 0 spiro atoms. The molecule has 0 bridgehead atoms. The van der Waals surface area contributed by atoms with Gasteiger partial charge in [0.1, 0.15) is 0 Å². The molecule has 1 unspecified atom stereocenters. The van der Waals surface area contributed by atoms with Gasteiger partial charge in [-0.3, -0.25) is 0 Å². The van der Waals surface area contributed by atoms with E-state index in [1.54, 1.807) is 13.3 Å². The highest BCUT2D eigenvalue weighted by Crippen LogP contribution is 2.16. The van der Waals surface area contributed by atoms with Crippen molar-refractivity contribution in [2.75, 3.05) is 27.2 Å². The summed E-state index contributed by atoms with van der Waals surface area (Å²) in [6.07, 6.45) is 4.35. The van der Waals surface area contributed by atoms with Gasteiger partial charge in [-0.15, -0.1) is 0 Å². The van der Waals surface area contributed by atoms with E-state index < -0.39 is 0 Å². The summed E-state index contributed by atoms with van der Waals surface area (Å²) in [6, 6.07) is 4.67. The Bertz CT molecular complexity index is 350. The minimum Gasteiger partial charge on any atom is -0.481 e. The third-order valence-electron chi connectivity index (χ3n) is 3.18. The largest absolute Gasteiger partial charge is 0.481 e. The van der Waals surface area contributed by atoms with Gasteiger partial charge in [-0.2, -0.15) is 0 Å². The maximum Gasteiger partial charge on any atom is 0.217 e. The van der Waals surface area contributed by atoms with E-state index in [1.165, 1.54) is 12.8 Å². The van der Waals surface area contributed by atoms with Gasteiger partial charge in [-0.05, 0) is 32.5 Å². The first-order chi connectivity index (χ1) is 8.29. The van der Waals surface area contributed by atoms with Crippen LogP contribution in [-0.2, 0) is 6.54 Å². The van der Waals surface area contributed by atoms with E-state index in [-0.39, 0.29) is 0 Å². The number of likely N-dealkylation sites (N-methyl/N-ethyl adjacent to an activating group) is 1. The van der Waals surface area contributed by atoms with Crippen molar-refractivity contribution in [1.29, 1.82) is 0 Å². The molecule has 0 aliphatic carbocycles. The lowest BCUT2D eigenvalue weighted by Crippen LogP contribution is -2.35. The number of nitrogens with one attached hydrogen (secondary N) is 1. The Morgan fingerprint density at radius 1 is 1.59 bits per heavy atom. The van der Waals surface area contributed by atoms with Gasteiger partial charge in [0.25, 0.3) is 0 Å². The van der Waals surface area contributed by atoms with E-state index in [0.717, 1.165) is 31.1 Å². The first-order valence-corrected chi connectivity index (χ1v) is 6.19. The first-order valence-electron chi connectivity index (χ1n) is 6.19. The molecular weight excluding hydrogens is 214 g/mol. The number of hydrogen-bond donors (Lipinski definition) is 1. The van der Waals surface area contributed by atoms with Crippen LogP contribution < -0.4 is 10.1 Å². The Labute approximate surface area is 103 Å². The van der Waals surface area contributed by atoms with Crippen LogP contribution in [0, 0.1) is 0 Å². The molecule has 4 heteroatoms. The second-order valence-electron chi connectivity index (χ2n) is 4.66. The van der Waals surface area contributed by atoms with E-state index in [1.807, 2.05) is 6.07 Å². The third kappa shape index (κ3) is 3.41. The summed E-state index contributed by atoms with van der Waals surface area (Å²) in [5.41, 5.74) is 1.15. The summed E-state index contributed by atoms with van der Waals surface area (Å²) in [4.78, 5) is 6.54. The molecule has 94 valence electrons. The average molecular weight is 235 g/mol. The number of ether oxygens (including phenoxy) is 1.